The van der Waals surface area contributed by atoms with Crippen molar-refractivity contribution in [2.24, 2.45) is 0 Å². The summed E-state index contributed by atoms with van der Waals surface area (Å²) in [5, 5.41) is 4.32. The molecule has 1 aliphatic rings. The second-order valence-electron chi connectivity index (χ2n) is 6.62. The van der Waals surface area contributed by atoms with Crippen LogP contribution in [0, 0.1) is 13.8 Å². The Balaban J connectivity index is 1.84. The van der Waals surface area contributed by atoms with E-state index in [0.29, 0.717) is 6.54 Å². The van der Waals surface area contributed by atoms with E-state index in [1.807, 2.05) is 24.8 Å². The minimum atomic E-state index is -0.717. The summed E-state index contributed by atoms with van der Waals surface area (Å²) in [6.45, 7) is 8.89. The van der Waals surface area contributed by atoms with Crippen LogP contribution >= 0.6 is 0 Å². The van der Waals surface area contributed by atoms with Crippen LogP contribution < -0.4 is 0 Å². The molecule has 1 saturated heterocycles. The molecule has 24 heavy (non-hydrogen) atoms. The third-order valence-corrected chi connectivity index (χ3v) is 4.67. The lowest BCUT2D eigenvalue weighted by atomic mass is 9.99. The zero-order valence-corrected chi connectivity index (χ0v) is 15.2. The molecule has 2 atom stereocenters. The molecule has 0 bridgehead atoms. The smallest absolute Gasteiger partial charge is 0.308 e. The van der Waals surface area contributed by atoms with Gasteiger partial charge < -0.3 is 9.64 Å². The molecule has 1 amide bonds. The van der Waals surface area contributed by atoms with Gasteiger partial charge in [0, 0.05) is 18.3 Å². The van der Waals surface area contributed by atoms with Crippen molar-refractivity contribution in [1.29, 1.82) is 0 Å². The van der Waals surface area contributed by atoms with Gasteiger partial charge in [-0.15, -0.1) is 0 Å². The summed E-state index contributed by atoms with van der Waals surface area (Å²) in [6.07, 6.45) is 3.69. The number of ether oxygens (including phenoxy) is 1. The van der Waals surface area contributed by atoms with Crippen LogP contribution in [0.5, 0.6) is 0 Å². The van der Waals surface area contributed by atoms with Crippen molar-refractivity contribution in [3.63, 3.8) is 0 Å². The van der Waals surface area contributed by atoms with E-state index in [0.717, 1.165) is 37.2 Å². The van der Waals surface area contributed by atoms with Gasteiger partial charge in [-0.1, -0.05) is 6.92 Å². The second-order valence-corrected chi connectivity index (χ2v) is 6.62. The van der Waals surface area contributed by atoms with Gasteiger partial charge in [0.05, 0.1) is 18.7 Å². The van der Waals surface area contributed by atoms with Crippen LogP contribution in [0.1, 0.15) is 57.3 Å². The van der Waals surface area contributed by atoms with Gasteiger partial charge in [-0.05, 0) is 52.5 Å². The lowest BCUT2D eigenvalue weighted by Gasteiger charge is -2.36. The van der Waals surface area contributed by atoms with E-state index in [1.54, 1.807) is 11.6 Å². The highest BCUT2D eigenvalue weighted by molar-refractivity contribution is 5.83. The standard InChI is InChI=1S/C18H29N3O3/c1-5-16-8-6-7-10-20(16)18(23)15(4)24-17(22)9-11-21-14(3)12-13(2)19-21/h12,15-16H,5-11H2,1-4H3. The lowest BCUT2D eigenvalue weighted by Crippen LogP contribution is -2.48. The zero-order chi connectivity index (χ0) is 17.7. The summed E-state index contributed by atoms with van der Waals surface area (Å²) in [4.78, 5) is 26.5. The number of aromatic nitrogens is 2. The van der Waals surface area contributed by atoms with E-state index in [2.05, 4.69) is 12.0 Å². The first-order valence-electron chi connectivity index (χ1n) is 8.93. The first-order valence-corrected chi connectivity index (χ1v) is 8.93. The fraction of sp³-hybridized carbons (Fsp3) is 0.722. The number of hydrogen-bond donors (Lipinski definition) is 0. The van der Waals surface area contributed by atoms with Crippen LogP contribution in [-0.4, -0.2) is 45.2 Å². The van der Waals surface area contributed by atoms with Crippen LogP contribution in [0.3, 0.4) is 0 Å². The number of likely N-dealkylation sites (tertiary alicyclic amines) is 1. The van der Waals surface area contributed by atoms with Crippen molar-refractivity contribution < 1.29 is 14.3 Å². The molecule has 0 radical (unpaired) electrons. The van der Waals surface area contributed by atoms with Gasteiger partial charge in [0.15, 0.2) is 6.10 Å². The van der Waals surface area contributed by atoms with Crippen molar-refractivity contribution in [3.05, 3.63) is 17.5 Å². The third kappa shape index (κ3) is 4.58. The quantitative estimate of drug-likeness (QED) is 0.750. The maximum absolute atomic E-state index is 12.6. The largest absolute Gasteiger partial charge is 0.452 e. The second kappa shape index (κ2) is 8.31. The minimum Gasteiger partial charge on any atom is -0.452 e. The number of esters is 1. The predicted molar refractivity (Wildman–Crippen MR) is 91.5 cm³/mol. The Bertz CT molecular complexity index is 582. The average Bonchev–Trinajstić information content (AvgIpc) is 2.89. The van der Waals surface area contributed by atoms with Gasteiger partial charge in [0.25, 0.3) is 5.91 Å². The molecule has 1 aromatic rings. The first kappa shape index (κ1) is 18.5. The average molecular weight is 335 g/mol. The molecule has 1 aliphatic heterocycles. The highest BCUT2D eigenvalue weighted by Crippen LogP contribution is 2.21. The molecule has 0 aromatic carbocycles. The molecule has 2 unspecified atom stereocenters. The number of aryl methyl sites for hydroxylation is 3. The number of amides is 1. The van der Waals surface area contributed by atoms with E-state index >= 15 is 0 Å². The monoisotopic (exact) mass is 335 g/mol. The molecule has 6 nitrogen and oxygen atoms in total. The van der Waals surface area contributed by atoms with E-state index in [9.17, 15) is 9.59 Å². The van der Waals surface area contributed by atoms with Crippen molar-refractivity contribution in [1.82, 2.24) is 14.7 Å². The van der Waals surface area contributed by atoms with Crippen molar-refractivity contribution in [2.45, 2.75) is 78.5 Å². The van der Waals surface area contributed by atoms with Crippen molar-refractivity contribution in [2.75, 3.05) is 6.54 Å². The molecule has 1 aromatic heterocycles. The third-order valence-electron chi connectivity index (χ3n) is 4.67. The fourth-order valence-corrected chi connectivity index (χ4v) is 3.35. The molecule has 0 aliphatic carbocycles. The Morgan fingerprint density at radius 1 is 1.38 bits per heavy atom. The van der Waals surface area contributed by atoms with Gasteiger partial charge in [-0.25, -0.2) is 0 Å². The summed E-state index contributed by atoms with van der Waals surface area (Å²) in [6, 6.07) is 2.25. The van der Waals surface area contributed by atoms with Gasteiger partial charge in [-0.2, -0.15) is 5.10 Å². The lowest BCUT2D eigenvalue weighted by molar-refractivity contribution is -0.161. The number of carbonyl (C=O) groups is 2. The topological polar surface area (TPSA) is 64.4 Å². The molecule has 1 fully saturated rings. The maximum atomic E-state index is 12.6. The molecule has 0 N–H and O–H groups in total. The van der Waals surface area contributed by atoms with E-state index < -0.39 is 6.10 Å². The molecule has 2 heterocycles. The number of rotatable bonds is 6. The van der Waals surface area contributed by atoms with Gasteiger partial charge >= 0.3 is 5.97 Å². The van der Waals surface area contributed by atoms with Gasteiger partial charge in [-0.3, -0.25) is 14.3 Å². The number of hydrogen-bond acceptors (Lipinski definition) is 4. The predicted octanol–water partition coefficient (Wildman–Crippen LogP) is 2.61. The van der Waals surface area contributed by atoms with Crippen LogP contribution in [0.15, 0.2) is 6.07 Å². The normalized spacial score (nSPS) is 19.2. The molecule has 2 rings (SSSR count). The van der Waals surface area contributed by atoms with Crippen LogP contribution in [0.25, 0.3) is 0 Å². The fourth-order valence-electron chi connectivity index (χ4n) is 3.35. The highest BCUT2D eigenvalue weighted by Gasteiger charge is 2.30. The number of piperidine rings is 1. The summed E-state index contributed by atoms with van der Waals surface area (Å²) in [7, 11) is 0. The summed E-state index contributed by atoms with van der Waals surface area (Å²) in [5.41, 5.74) is 1.95. The molecule has 134 valence electrons. The zero-order valence-electron chi connectivity index (χ0n) is 15.2. The van der Waals surface area contributed by atoms with Gasteiger partial charge in [0.1, 0.15) is 0 Å². The van der Waals surface area contributed by atoms with Crippen molar-refractivity contribution in [3.8, 4) is 0 Å². The molecular weight excluding hydrogens is 306 g/mol. The minimum absolute atomic E-state index is 0.0685. The first-order chi connectivity index (χ1) is 11.4. The molecule has 6 heteroatoms. The molecule has 0 spiro atoms. The van der Waals surface area contributed by atoms with Crippen LogP contribution in [0.2, 0.25) is 0 Å². The van der Waals surface area contributed by atoms with Gasteiger partial charge in [0.2, 0.25) is 0 Å². The SMILES string of the molecule is CCC1CCCCN1C(=O)C(C)OC(=O)CCn1nc(C)cc1C. The summed E-state index contributed by atoms with van der Waals surface area (Å²) in [5.74, 6) is -0.422. The Labute approximate surface area is 144 Å². The Hall–Kier alpha value is -1.85. The van der Waals surface area contributed by atoms with Crippen LogP contribution in [0.4, 0.5) is 0 Å². The Kier molecular flexibility index (Phi) is 6.40. The Morgan fingerprint density at radius 3 is 2.75 bits per heavy atom. The van der Waals surface area contributed by atoms with E-state index in [1.165, 1.54) is 6.42 Å². The molecular formula is C18H29N3O3. The Morgan fingerprint density at radius 2 is 2.12 bits per heavy atom. The summed E-state index contributed by atoms with van der Waals surface area (Å²) < 4.78 is 7.15. The van der Waals surface area contributed by atoms with Crippen molar-refractivity contribution >= 4 is 11.9 Å². The maximum Gasteiger partial charge on any atom is 0.308 e. The van der Waals surface area contributed by atoms with E-state index in [4.69, 9.17) is 4.74 Å². The number of nitrogens with zero attached hydrogens (tertiary/aromatic N) is 3. The summed E-state index contributed by atoms with van der Waals surface area (Å²) >= 11 is 0. The highest BCUT2D eigenvalue weighted by atomic mass is 16.5. The molecule has 0 saturated carbocycles. The van der Waals surface area contributed by atoms with Crippen LogP contribution in [-0.2, 0) is 20.9 Å². The van der Waals surface area contributed by atoms with E-state index in [-0.39, 0.29) is 24.3 Å². The number of carbonyl (C=O) groups excluding carboxylic acids is 2.